The second-order valence-electron chi connectivity index (χ2n) is 15.5. The highest BCUT2D eigenvalue weighted by Crippen LogP contribution is 2.39. The van der Waals surface area contributed by atoms with Crippen LogP contribution >= 0.6 is 0 Å². The Bertz CT molecular complexity index is 2100. The lowest BCUT2D eigenvalue weighted by atomic mass is 9.89. The number of benzene rings is 1. The molecule has 3 unspecified atom stereocenters. The Balaban J connectivity index is 0.774. The van der Waals surface area contributed by atoms with Gasteiger partial charge < -0.3 is 30.7 Å². The van der Waals surface area contributed by atoms with Crippen molar-refractivity contribution in [3.8, 4) is 0 Å². The molecule has 5 fully saturated rings. The van der Waals surface area contributed by atoms with E-state index in [-0.39, 0.29) is 41.5 Å². The van der Waals surface area contributed by atoms with Crippen molar-refractivity contribution in [3.05, 3.63) is 53.6 Å². The maximum absolute atomic E-state index is 13.3. The number of aliphatic hydroxyl groups is 1. The number of amides is 5. The third-order valence-electron chi connectivity index (χ3n) is 11.5. The van der Waals surface area contributed by atoms with E-state index in [9.17, 15) is 29.1 Å². The van der Waals surface area contributed by atoms with Crippen LogP contribution in [-0.4, -0.2) is 146 Å². The fraction of sp³-hybridized carbons (Fsp3) is 0.500. The van der Waals surface area contributed by atoms with Crippen LogP contribution in [0, 0.1) is 5.92 Å². The number of imide groups is 2. The second-order valence-corrected chi connectivity index (χ2v) is 15.5. The Morgan fingerprint density at radius 1 is 1.05 bits per heavy atom. The van der Waals surface area contributed by atoms with Crippen LogP contribution in [0.25, 0.3) is 0 Å². The summed E-state index contributed by atoms with van der Waals surface area (Å²) in [7, 11) is 1.79. The summed E-state index contributed by atoms with van der Waals surface area (Å²) in [6.07, 6.45) is 5.88. The maximum Gasteiger partial charge on any atom is 0.271 e. The van der Waals surface area contributed by atoms with E-state index in [0.717, 1.165) is 49.6 Å². The SMILES string of the molecule is Cn1cc(Nc2nc(N3CCCC(N4CC5(CN(CC6CN(c7ccc8c(c7)C(=O)N(C7CCC(=O)NC7=O)C8=O)C6)C5)OC4O)C3)cnc2C(N)=O)cn1. The first kappa shape index (κ1) is 35.2. The fourth-order valence-electron chi connectivity index (χ4n) is 8.89. The molecule has 0 bridgehead atoms. The summed E-state index contributed by atoms with van der Waals surface area (Å²) in [4.78, 5) is 81.2. The van der Waals surface area contributed by atoms with Crippen LogP contribution in [-0.2, 0) is 21.4 Å². The number of aliphatic hydroxyl groups excluding tert-OH is 1. The van der Waals surface area contributed by atoms with Gasteiger partial charge >= 0.3 is 0 Å². The number of primary amides is 1. The highest BCUT2D eigenvalue weighted by atomic mass is 16.7. The number of fused-ring (bicyclic) bond motifs is 1. The number of likely N-dealkylation sites (tertiary alicyclic amines) is 1. The molecule has 5 amide bonds. The zero-order valence-electron chi connectivity index (χ0n) is 30.3. The van der Waals surface area contributed by atoms with Crippen molar-refractivity contribution in [1.82, 2.24) is 39.8 Å². The van der Waals surface area contributed by atoms with Crippen molar-refractivity contribution in [1.29, 1.82) is 0 Å². The highest BCUT2D eigenvalue weighted by Gasteiger charge is 2.55. The van der Waals surface area contributed by atoms with Gasteiger partial charge in [-0.15, -0.1) is 0 Å². The average Bonchev–Trinajstić information content (AvgIpc) is 3.78. The van der Waals surface area contributed by atoms with Crippen LogP contribution in [0.2, 0.25) is 0 Å². The van der Waals surface area contributed by atoms with E-state index in [0.29, 0.717) is 43.6 Å². The molecule has 8 heterocycles. The number of rotatable bonds is 9. The number of aromatic nitrogens is 4. The van der Waals surface area contributed by atoms with Crippen LogP contribution in [0.4, 0.5) is 23.0 Å². The van der Waals surface area contributed by atoms with Gasteiger partial charge in [-0.1, -0.05) is 0 Å². The van der Waals surface area contributed by atoms with E-state index >= 15 is 0 Å². The Kier molecular flexibility index (Phi) is 8.56. The maximum atomic E-state index is 13.3. The number of piperidine rings is 2. The van der Waals surface area contributed by atoms with Gasteiger partial charge in [0.1, 0.15) is 17.5 Å². The second kappa shape index (κ2) is 13.4. The molecular formula is C36H42N12O7. The number of carbonyl (C=O) groups excluding carboxylic acids is 5. The van der Waals surface area contributed by atoms with Gasteiger partial charge in [-0.3, -0.25) is 43.8 Å². The fourth-order valence-corrected chi connectivity index (χ4v) is 8.89. The van der Waals surface area contributed by atoms with E-state index in [1.54, 1.807) is 42.5 Å². The predicted molar refractivity (Wildman–Crippen MR) is 194 cm³/mol. The van der Waals surface area contributed by atoms with Gasteiger partial charge in [0.25, 0.3) is 17.7 Å². The summed E-state index contributed by atoms with van der Waals surface area (Å²) in [5.74, 6) is -1.49. The molecule has 2 aromatic heterocycles. The van der Waals surface area contributed by atoms with E-state index < -0.39 is 47.6 Å². The van der Waals surface area contributed by atoms with Crippen LogP contribution in [0.5, 0.6) is 0 Å². The number of hydrogen-bond donors (Lipinski definition) is 4. The zero-order valence-corrected chi connectivity index (χ0v) is 30.3. The number of aryl methyl sites for hydroxylation is 1. The minimum absolute atomic E-state index is 0.0234. The first-order valence-corrected chi connectivity index (χ1v) is 18.6. The molecule has 19 heteroatoms. The Hall–Kier alpha value is -5.50. The van der Waals surface area contributed by atoms with Gasteiger partial charge in [-0.2, -0.15) is 5.10 Å². The summed E-state index contributed by atoms with van der Waals surface area (Å²) < 4.78 is 7.84. The minimum Gasteiger partial charge on any atom is -0.371 e. The molecule has 0 radical (unpaired) electrons. The molecule has 9 rings (SSSR count). The molecular weight excluding hydrogens is 712 g/mol. The van der Waals surface area contributed by atoms with Crippen LogP contribution in [0.3, 0.4) is 0 Å². The van der Waals surface area contributed by atoms with Crippen LogP contribution in [0.1, 0.15) is 56.9 Å². The monoisotopic (exact) mass is 754 g/mol. The molecule has 19 nitrogen and oxygen atoms in total. The van der Waals surface area contributed by atoms with E-state index in [4.69, 9.17) is 15.5 Å². The van der Waals surface area contributed by atoms with E-state index in [1.807, 2.05) is 11.0 Å². The number of anilines is 4. The van der Waals surface area contributed by atoms with Crippen molar-refractivity contribution >= 4 is 52.5 Å². The van der Waals surface area contributed by atoms with Gasteiger partial charge in [0.15, 0.2) is 11.5 Å². The van der Waals surface area contributed by atoms with E-state index in [2.05, 4.69) is 35.4 Å². The lowest BCUT2D eigenvalue weighted by molar-refractivity contribution is -0.214. The predicted octanol–water partition coefficient (Wildman–Crippen LogP) is -0.778. The average molecular weight is 755 g/mol. The molecule has 6 aliphatic rings. The number of nitrogens with one attached hydrogen (secondary N) is 2. The van der Waals surface area contributed by atoms with Gasteiger partial charge in [0.05, 0.1) is 29.2 Å². The molecule has 1 spiro atoms. The smallest absolute Gasteiger partial charge is 0.271 e. The summed E-state index contributed by atoms with van der Waals surface area (Å²) in [6.45, 7) is 5.83. The highest BCUT2D eigenvalue weighted by molar-refractivity contribution is 6.23. The minimum atomic E-state index is -1.02. The van der Waals surface area contributed by atoms with Gasteiger partial charge in [0.2, 0.25) is 18.2 Å². The zero-order chi connectivity index (χ0) is 38.2. The number of nitrogens with zero attached hydrogens (tertiary/aromatic N) is 9. The molecule has 3 atom stereocenters. The molecule has 5 N–H and O–H groups in total. The molecule has 0 aliphatic carbocycles. The largest absolute Gasteiger partial charge is 0.371 e. The Morgan fingerprint density at radius 2 is 1.85 bits per heavy atom. The molecule has 55 heavy (non-hydrogen) atoms. The van der Waals surface area contributed by atoms with Crippen molar-refractivity contribution in [3.63, 3.8) is 0 Å². The molecule has 3 aromatic rings. The summed E-state index contributed by atoms with van der Waals surface area (Å²) >= 11 is 0. The summed E-state index contributed by atoms with van der Waals surface area (Å²) in [5.41, 5.74) is 7.22. The van der Waals surface area contributed by atoms with Crippen molar-refractivity contribution < 1.29 is 33.8 Å². The van der Waals surface area contributed by atoms with Gasteiger partial charge in [0, 0.05) is 89.7 Å². The van der Waals surface area contributed by atoms with Crippen molar-refractivity contribution in [2.45, 2.75) is 49.8 Å². The first-order chi connectivity index (χ1) is 26.4. The topological polar surface area (TPSA) is 225 Å². The Labute approximate surface area is 315 Å². The molecule has 5 saturated heterocycles. The number of hydrogen-bond acceptors (Lipinski definition) is 15. The first-order valence-electron chi connectivity index (χ1n) is 18.6. The van der Waals surface area contributed by atoms with Crippen molar-refractivity contribution in [2.75, 3.05) is 67.5 Å². The Morgan fingerprint density at radius 3 is 2.60 bits per heavy atom. The molecule has 6 aliphatic heterocycles. The lowest BCUT2D eigenvalue weighted by Gasteiger charge is -2.51. The third-order valence-corrected chi connectivity index (χ3v) is 11.5. The van der Waals surface area contributed by atoms with Gasteiger partial charge in [-0.25, -0.2) is 14.9 Å². The standard InChI is InChI=1S/C36H42N12O7/c1-43-15-21(10-39-43)40-31-29(30(37)50)38-11-27(41-31)45-8-2-3-23(16-45)47-19-36(55-35(47)54)17-44(18-36)12-20-13-46(14-20)22-4-5-24-25(9-22)34(53)48(33(24)52)26-6-7-28(49)42-32(26)51/h4-5,9-11,15,20,23,26,35,54H,2-3,6-8,12-14,16-19H2,1H3,(H2,37,50)(H,40,41)(H,42,49,51). The molecule has 0 saturated carbocycles. The van der Waals surface area contributed by atoms with Crippen LogP contribution < -0.4 is 26.2 Å². The van der Waals surface area contributed by atoms with Gasteiger partial charge in [-0.05, 0) is 37.5 Å². The van der Waals surface area contributed by atoms with Crippen molar-refractivity contribution in [2.24, 2.45) is 18.7 Å². The number of nitrogens with two attached hydrogens (primary N) is 1. The quantitative estimate of drug-likeness (QED) is 0.197. The number of carbonyl (C=O) groups is 5. The third kappa shape index (κ3) is 6.35. The number of ether oxygens (including phenoxy) is 1. The molecule has 288 valence electrons. The molecule has 1 aromatic carbocycles. The normalized spacial score (nSPS) is 25.6. The van der Waals surface area contributed by atoms with Crippen LogP contribution in [0.15, 0.2) is 36.8 Å². The van der Waals surface area contributed by atoms with E-state index in [1.165, 1.54) is 0 Å². The summed E-state index contributed by atoms with van der Waals surface area (Å²) in [6, 6.07) is 4.24. The lowest BCUT2D eigenvalue weighted by Crippen LogP contribution is -2.66. The summed E-state index contributed by atoms with van der Waals surface area (Å²) in [5, 5.41) is 20.6.